The first-order valence-corrected chi connectivity index (χ1v) is 10.4. The molecule has 0 heterocycles. The zero-order valence-electron chi connectivity index (χ0n) is 15.1. The number of carbonyl (C=O) groups excluding carboxylic acids is 1. The molecule has 1 amide bonds. The Morgan fingerprint density at radius 2 is 1.62 bits per heavy atom. The molecule has 0 bridgehead atoms. The van der Waals surface area contributed by atoms with E-state index in [0.717, 1.165) is 5.56 Å². The van der Waals surface area contributed by atoms with Crippen LogP contribution in [0.5, 0.6) is 0 Å². The predicted octanol–water partition coefficient (Wildman–Crippen LogP) is 4.46. The lowest BCUT2D eigenvalue weighted by Gasteiger charge is -2.11. The first kappa shape index (κ1) is 20.4. The molecule has 2 N–H and O–H groups in total. The fourth-order valence-corrected chi connectivity index (χ4v) is 3.85. The van der Waals surface area contributed by atoms with E-state index in [1.807, 2.05) is 0 Å². The van der Waals surface area contributed by atoms with Gasteiger partial charge in [-0.3, -0.25) is 9.52 Å². The number of nitrogens with one attached hydrogen (secondary N) is 2. The topological polar surface area (TPSA) is 99.1 Å². The Labute approximate surface area is 173 Å². The number of rotatable bonds is 6. The standard InChI is InChI=1S/C21H16ClN3O3S/c22-20-11-10-17(25-29(27,28)18-4-2-1-3-5-18)14-19(20)21(26)24-16-8-6-15(7-9-16)12-13-23/h1-11,14,25H,12H2,(H,24,26). The number of sulfonamides is 1. The zero-order valence-corrected chi connectivity index (χ0v) is 16.7. The second-order valence-corrected chi connectivity index (χ2v) is 8.19. The van der Waals surface area contributed by atoms with E-state index in [1.165, 1.54) is 30.3 Å². The van der Waals surface area contributed by atoms with E-state index in [1.54, 1.807) is 42.5 Å². The highest BCUT2D eigenvalue weighted by Crippen LogP contribution is 2.24. The lowest BCUT2D eigenvalue weighted by atomic mass is 10.1. The van der Waals surface area contributed by atoms with Crippen LogP contribution in [-0.4, -0.2) is 14.3 Å². The van der Waals surface area contributed by atoms with Crippen LogP contribution in [0.2, 0.25) is 5.02 Å². The molecule has 146 valence electrons. The van der Waals surface area contributed by atoms with Crippen LogP contribution >= 0.6 is 11.6 Å². The van der Waals surface area contributed by atoms with Gasteiger partial charge in [-0.15, -0.1) is 0 Å². The molecule has 0 spiro atoms. The molecule has 0 radical (unpaired) electrons. The maximum absolute atomic E-state index is 12.6. The molecule has 0 saturated heterocycles. The van der Waals surface area contributed by atoms with Gasteiger partial charge >= 0.3 is 0 Å². The van der Waals surface area contributed by atoms with E-state index in [-0.39, 0.29) is 27.6 Å². The number of amides is 1. The Bertz CT molecular complexity index is 1170. The first-order chi connectivity index (χ1) is 13.9. The van der Waals surface area contributed by atoms with Gasteiger partial charge in [-0.25, -0.2) is 8.42 Å². The monoisotopic (exact) mass is 425 g/mol. The number of carbonyl (C=O) groups is 1. The SMILES string of the molecule is N#CCc1ccc(NC(=O)c2cc(NS(=O)(=O)c3ccccc3)ccc2Cl)cc1. The van der Waals surface area contributed by atoms with Crippen LogP contribution in [0.4, 0.5) is 11.4 Å². The molecule has 0 atom stereocenters. The minimum atomic E-state index is -3.79. The average molecular weight is 426 g/mol. The van der Waals surface area contributed by atoms with E-state index in [4.69, 9.17) is 16.9 Å². The van der Waals surface area contributed by atoms with Gasteiger partial charge in [0.2, 0.25) is 0 Å². The summed E-state index contributed by atoms with van der Waals surface area (Å²) in [5, 5.41) is 11.6. The van der Waals surface area contributed by atoms with Crippen molar-refractivity contribution in [2.45, 2.75) is 11.3 Å². The van der Waals surface area contributed by atoms with E-state index < -0.39 is 15.9 Å². The summed E-state index contributed by atoms with van der Waals surface area (Å²) in [4.78, 5) is 12.7. The number of anilines is 2. The number of hydrogen-bond donors (Lipinski definition) is 2. The Balaban J connectivity index is 1.80. The Morgan fingerprint density at radius 3 is 2.28 bits per heavy atom. The summed E-state index contributed by atoms with van der Waals surface area (Å²) in [5.74, 6) is -0.483. The quantitative estimate of drug-likeness (QED) is 0.609. The summed E-state index contributed by atoms with van der Waals surface area (Å²) in [5.41, 5.74) is 1.71. The van der Waals surface area contributed by atoms with E-state index in [2.05, 4.69) is 16.1 Å². The van der Waals surface area contributed by atoms with E-state index >= 15 is 0 Å². The van der Waals surface area contributed by atoms with Crippen LogP contribution in [0.25, 0.3) is 0 Å². The van der Waals surface area contributed by atoms with Crippen LogP contribution < -0.4 is 10.0 Å². The van der Waals surface area contributed by atoms with Crippen molar-refractivity contribution in [3.63, 3.8) is 0 Å². The maximum atomic E-state index is 12.6. The van der Waals surface area contributed by atoms with E-state index in [0.29, 0.717) is 5.69 Å². The van der Waals surface area contributed by atoms with Crippen molar-refractivity contribution in [1.82, 2.24) is 0 Å². The van der Waals surface area contributed by atoms with Crippen molar-refractivity contribution in [3.05, 3.63) is 88.9 Å². The van der Waals surface area contributed by atoms with Crippen molar-refractivity contribution in [2.75, 3.05) is 10.0 Å². The highest BCUT2D eigenvalue weighted by Gasteiger charge is 2.16. The molecular weight excluding hydrogens is 410 g/mol. The minimum absolute atomic E-state index is 0.110. The molecule has 8 heteroatoms. The molecule has 0 aliphatic rings. The summed E-state index contributed by atoms with van der Waals surface area (Å²) in [6, 6.07) is 21.1. The normalized spacial score (nSPS) is 10.8. The lowest BCUT2D eigenvalue weighted by Crippen LogP contribution is -2.15. The first-order valence-electron chi connectivity index (χ1n) is 8.54. The molecule has 6 nitrogen and oxygen atoms in total. The largest absolute Gasteiger partial charge is 0.322 e. The molecule has 3 aromatic carbocycles. The third-order valence-corrected chi connectivity index (χ3v) is 5.74. The van der Waals surface area contributed by atoms with Crippen LogP contribution in [0.3, 0.4) is 0 Å². The summed E-state index contributed by atoms with van der Waals surface area (Å²) in [6.07, 6.45) is 0.281. The Hall–Kier alpha value is -3.34. The van der Waals surface area contributed by atoms with Crippen molar-refractivity contribution in [3.8, 4) is 6.07 Å². The third kappa shape index (κ3) is 5.13. The van der Waals surface area contributed by atoms with Crippen LogP contribution in [0.1, 0.15) is 15.9 Å². The molecular formula is C21H16ClN3O3S. The summed E-state index contributed by atoms with van der Waals surface area (Å²) in [7, 11) is -3.79. The number of nitriles is 1. The van der Waals surface area contributed by atoms with Gasteiger partial charge in [0.1, 0.15) is 0 Å². The molecule has 3 rings (SSSR count). The van der Waals surface area contributed by atoms with Crippen LogP contribution in [0, 0.1) is 11.3 Å². The van der Waals surface area contributed by atoms with Gasteiger partial charge in [0.05, 0.1) is 28.0 Å². The summed E-state index contributed by atoms with van der Waals surface area (Å²) >= 11 is 6.14. The average Bonchev–Trinajstić information content (AvgIpc) is 2.71. The molecule has 0 saturated carbocycles. The van der Waals surface area contributed by atoms with E-state index in [9.17, 15) is 13.2 Å². The third-order valence-electron chi connectivity index (χ3n) is 4.01. The van der Waals surface area contributed by atoms with Gasteiger partial charge in [0, 0.05) is 11.4 Å². The second-order valence-electron chi connectivity index (χ2n) is 6.10. The van der Waals surface area contributed by atoms with Gasteiger partial charge < -0.3 is 5.32 Å². The number of hydrogen-bond acceptors (Lipinski definition) is 4. The van der Waals surface area contributed by atoms with Crippen molar-refractivity contribution in [1.29, 1.82) is 5.26 Å². The molecule has 0 aromatic heterocycles. The second kappa shape index (κ2) is 8.78. The number of halogens is 1. The molecule has 0 fully saturated rings. The van der Waals surface area contributed by atoms with Gasteiger partial charge in [0.25, 0.3) is 15.9 Å². The van der Waals surface area contributed by atoms with Gasteiger partial charge in [-0.05, 0) is 48.0 Å². The van der Waals surface area contributed by atoms with Gasteiger partial charge in [0.15, 0.2) is 0 Å². The minimum Gasteiger partial charge on any atom is -0.322 e. The molecule has 0 aliphatic carbocycles. The highest BCUT2D eigenvalue weighted by atomic mass is 35.5. The summed E-state index contributed by atoms with van der Waals surface area (Å²) < 4.78 is 27.4. The number of nitrogens with zero attached hydrogens (tertiary/aromatic N) is 1. The molecule has 3 aromatic rings. The van der Waals surface area contributed by atoms with Crippen LogP contribution in [0.15, 0.2) is 77.7 Å². The Morgan fingerprint density at radius 1 is 0.966 bits per heavy atom. The van der Waals surface area contributed by atoms with Gasteiger partial charge in [-0.2, -0.15) is 5.26 Å². The fraction of sp³-hybridized carbons (Fsp3) is 0.0476. The highest BCUT2D eigenvalue weighted by molar-refractivity contribution is 7.92. The summed E-state index contributed by atoms with van der Waals surface area (Å²) in [6.45, 7) is 0. The fourth-order valence-electron chi connectivity index (χ4n) is 2.57. The van der Waals surface area contributed by atoms with Crippen LogP contribution in [-0.2, 0) is 16.4 Å². The van der Waals surface area contributed by atoms with Crippen molar-refractivity contribution >= 4 is 38.9 Å². The smallest absolute Gasteiger partial charge is 0.261 e. The van der Waals surface area contributed by atoms with Crippen molar-refractivity contribution in [2.24, 2.45) is 0 Å². The molecule has 29 heavy (non-hydrogen) atoms. The lowest BCUT2D eigenvalue weighted by molar-refractivity contribution is 0.102. The zero-order chi connectivity index (χ0) is 20.9. The maximum Gasteiger partial charge on any atom is 0.261 e. The molecule has 0 unspecified atom stereocenters. The predicted molar refractivity (Wildman–Crippen MR) is 112 cm³/mol. The number of benzene rings is 3. The van der Waals surface area contributed by atoms with Crippen molar-refractivity contribution < 1.29 is 13.2 Å². The Kier molecular flexibility index (Phi) is 6.17. The van der Waals surface area contributed by atoms with Gasteiger partial charge in [-0.1, -0.05) is 41.9 Å². The molecule has 0 aliphatic heterocycles.